The van der Waals surface area contributed by atoms with E-state index in [0.717, 1.165) is 55.4 Å². The third kappa shape index (κ3) is 2.69. The lowest BCUT2D eigenvalue weighted by Gasteiger charge is -2.19. The highest BCUT2D eigenvalue weighted by atomic mass is 35.5. The summed E-state index contributed by atoms with van der Waals surface area (Å²) >= 11 is 6.06. The van der Waals surface area contributed by atoms with Crippen LogP contribution in [-0.4, -0.2) is 43.9 Å². The van der Waals surface area contributed by atoms with Crippen molar-refractivity contribution < 1.29 is 0 Å². The predicted molar refractivity (Wildman–Crippen MR) is 83.3 cm³/mol. The van der Waals surface area contributed by atoms with Gasteiger partial charge < -0.3 is 9.47 Å². The average molecular weight is 298 g/mol. The predicted octanol–water partition coefficient (Wildman–Crippen LogP) is 2.64. The zero-order chi connectivity index (χ0) is 14.7. The number of fused-ring (bicyclic) bond motifs is 1. The SMILES string of the molecule is CCN(CC)CCn1c(CCl)nc2c(C)nn(CC)c21. The molecule has 0 N–H and O–H groups in total. The lowest BCUT2D eigenvalue weighted by molar-refractivity contribution is 0.290. The van der Waals surface area contributed by atoms with E-state index < -0.39 is 0 Å². The summed E-state index contributed by atoms with van der Waals surface area (Å²) in [6.45, 7) is 13.4. The number of nitrogens with zero attached hydrogens (tertiary/aromatic N) is 5. The Balaban J connectivity index is 2.38. The molecule has 0 aromatic carbocycles. The average Bonchev–Trinajstić information content (AvgIpc) is 2.98. The van der Waals surface area contributed by atoms with Crippen molar-refractivity contribution in [3.63, 3.8) is 0 Å². The van der Waals surface area contributed by atoms with Crippen molar-refractivity contribution in [2.75, 3.05) is 19.6 Å². The zero-order valence-electron chi connectivity index (χ0n) is 12.9. The van der Waals surface area contributed by atoms with Crippen LogP contribution in [0, 0.1) is 6.92 Å². The van der Waals surface area contributed by atoms with Gasteiger partial charge in [0.2, 0.25) is 0 Å². The molecule has 5 nitrogen and oxygen atoms in total. The van der Waals surface area contributed by atoms with Gasteiger partial charge in [0.15, 0.2) is 5.65 Å². The number of rotatable bonds is 7. The van der Waals surface area contributed by atoms with Gasteiger partial charge in [-0.15, -0.1) is 11.6 Å². The number of aryl methyl sites for hydroxylation is 2. The van der Waals surface area contributed by atoms with Crippen molar-refractivity contribution in [3.8, 4) is 0 Å². The Morgan fingerprint density at radius 1 is 1.20 bits per heavy atom. The Hall–Kier alpha value is -1.07. The number of hydrogen-bond acceptors (Lipinski definition) is 3. The third-order valence-electron chi connectivity index (χ3n) is 3.83. The summed E-state index contributed by atoms with van der Waals surface area (Å²) in [5, 5.41) is 4.55. The summed E-state index contributed by atoms with van der Waals surface area (Å²) in [6.07, 6.45) is 0. The molecule has 0 bridgehead atoms. The molecule has 0 spiro atoms. The molecule has 0 aliphatic carbocycles. The highest BCUT2D eigenvalue weighted by molar-refractivity contribution is 6.16. The Labute approximate surface area is 125 Å². The fourth-order valence-corrected chi connectivity index (χ4v) is 2.81. The first kappa shape index (κ1) is 15.3. The number of aromatic nitrogens is 4. The maximum atomic E-state index is 6.06. The normalized spacial score (nSPS) is 11.9. The first-order chi connectivity index (χ1) is 9.65. The Morgan fingerprint density at radius 2 is 1.90 bits per heavy atom. The van der Waals surface area contributed by atoms with Gasteiger partial charge in [-0.1, -0.05) is 13.8 Å². The number of halogens is 1. The molecule has 2 aromatic heterocycles. The number of likely N-dealkylation sites (N-methyl/N-ethyl adjacent to an activating group) is 1. The van der Waals surface area contributed by atoms with E-state index in [-0.39, 0.29) is 0 Å². The summed E-state index contributed by atoms with van der Waals surface area (Å²) in [4.78, 5) is 7.06. The first-order valence-corrected chi connectivity index (χ1v) is 7.90. The summed E-state index contributed by atoms with van der Waals surface area (Å²) in [7, 11) is 0. The molecular weight excluding hydrogens is 274 g/mol. The molecule has 0 saturated carbocycles. The summed E-state index contributed by atoms with van der Waals surface area (Å²) in [6, 6.07) is 0. The van der Waals surface area contributed by atoms with Crippen LogP contribution in [0.2, 0.25) is 0 Å². The van der Waals surface area contributed by atoms with Crippen molar-refractivity contribution in [3.05, 3.63) is 11.5 Å². The van der Waals surface area contributed by atoms with Crippen molar-refractivity contribution in [1.29, 1.82) is 0 Å². The quantitative estimate of drug-likeness (QED) is 0.738. The Bertz CT molecular complexity index is 568. The molecule has 2 aromatic rings. The van der Waals surface area contributed by atoms with E-state index in [1.807, 2.05) is 11.6 Å². The molecule has 0 fully saturated rings. The van der Waals surface area contributed by atoms with E-state index in [4.69, 9.17) is 11.6 Å². The van der Waals surface area contributed by atoms with Crippen molar-refractivity contribution in [2.24, 2.45) is 0 Å². The van der Waals surface area contributed by atoms with Gasteiger partial charge in [0.05, 0.1) is 11.6 Å². The van der Waals surface area contributed by atoms with Gasteiger partial charge in [0, 0.05) is 19.6 Å². The number of hydrogen-bond donors (Lipinski definition) is 0. The Morgan fingerprint density at radius 3 is 2.45 bits per heavy atom. The highest BCUT2D eigenvalue weighted by Gasteiger charge is 2.17. The molecule has 0 radical (unpaired) electrons. The Kier molecular flexibility index (Phi) is 5.05. The van der Waals surface area contributed by atoms with Crippen molar-refractivity contribution >= 4 is 22.8 Å². The van der Waals surface area contributed by atoms with Crippen molar-refractivity contribution in [1.82, 2.24) is 24.2 Å². The van der Waals surface area contributed by atoms with Gasteiger partial charge in [0.25, 0.3) is 0 Å². The highest BCUT2D eigenvalue weighted by Crippen LogP contribution is 2.21. The minimum absolute atomic E-state index is 0.441. The first-order valence-electron chi connectivity index (χ1n) is 7.36. The second-order valence-electron chi connectivity index (χ2n) is 4.91. The fraction of sp³-hybridized carbons (Fsp3) is 0.714. The van der Waals surface area contributed by atoms with Crippen LogP contribution in [0.4, 0.5) is 0 Å². The van der Waals surface area contributed by atoms with Gasteiger partial charge in [0.1, 0.15) is 11.3 Å². The molecular formula is C14H24ClN5. The minimum Gasteiger partial charge on any atom is -0.311 e. The topological polar surface area (TPSA) is 38.9 Å². The third-order valence-corrected chi connectivity index (χ3v) is 4.07. The van der Waals surface area contributed by atoms with E-state index in [1.54, 1.807) is 0 Å². The smallest absolute Gasteiger partial charge is 0.158 e. The molecule has 2 heterocycles. The summed E-state index contributed by atoms with van der Waals surface area (Å²) in [5.74, 6) is 1.38. The van der Waals surface area contributed by atoms with Crippen LogP contribution < -0.4 is 0 Å². The molecule has 0 aliphatic rings. The molecule has 6 heteroatoms. The number of imidazole rings is 1. The second kappa shape index (κ2) is 6.59. The molecule has 0 amide bonds. The molecule has 0 unspecified atom stereocenters. The van der Waals surface area contributed by atoms with Crippen LogP contribution in [0.3, 0.4) is 0 Å². The van der Waals surface area contributed by atoms with Crippen LogP contribution in [-0.2, 0) is 19.0 Å². The molecule has 20 heavy (non-hydrogen) atoms. The maximum absolute atomic E-state index is 6.06. The van der Waals surface area contributed by atoms with Crippen molar-refractivity contribution in [2.45, 2.75) is 46.7 Å². The van der Waals surface area contributed by atoms with E-state index >= 15 is 0 Å². The van der Waals surface area contributed by atoms with E-state index in [0.29, 0.717) is 5.88 Å². The van der Waals surface area contributed by atoms with Crippen LogP contribution in [0.15, 0.2) is 0 Å². The van der Waals surface area contributed by atoms with Crippen LogP contribution in [0.25, 0.3) is 11.2 Å². The standard InChI is InChI=1S/C14H24ClN5/c1-5-18(6-2)8-9-19-12(10-15)16-13-11(4)17-20(7-3)14(13)19/h5-10H2,1-4H3. The zero-order valence-corrected chi connectivity index (χ0v) is 13.6. The maximum Gasteiger partial charge on any atom is 0.158 e. The monoisotopic (exact) mass is 297 g/mol. The van der Waals surface area contributed by atoms with Gasteiger partial charge in [-0.3, -0.25) is 0 Å². The van der Waals surface area contributed by atoms with E-state index in [9.17, 15) is 0 Å². The van der Waals surface area contributed by atoms with Gasteiger partial charge in [-0.25, -0.2) is 9.67 Å². The summed E-state index contributed by atoms with van der Waals surface area (Å²) in [5.41, 5.74) is 3.07. The molecule has 0 saturated heterocycles. The largest absolute Gasteiger partial charge is 0.311 e. The molecule has 2 rings (SSSR count). The second-order valence-corrected chi connectivity index (χ2v) is 5.18. The van der Waals surface area contributed by atoms with E-state index in [2.05, 4.69) is 40.3 Å². The minimum atomic E-state index is 0.441. The summed E-state index contributed by atoms with van der Waals surface area (Å²) < 4.78 is 4.25. The fourth-order valence-electron chi connectivity index (χ4n) is 2.61. The molecule has 0 aliphatic heterocycles. The van der Waals surface area contributed by atoms with Crippen LogP contribution in [0.5, 0.6) is 0 Å². The lowest BCUT2D eigenvalue weighted by atomic mass is 10.4. The van der Waals surface area contributed by atoms with Crippen LogP contribution >= 0.6 is 11.6 Å². The number of alkyl halides is 1. The molecule has 112 valence electrons. The van der Waals surface area contributed by atoms with Crippen LogP contribution in [0.1, 0.15) is 32.3 Å². The van der Waals surface area contributed by atoms with Gasteiger partial charge in [-0.2, -0.15) is 5.10 Å². The van der Waals surface area contributed by atoms with Gasteiger partial charge >= 0.3 is 0 Å². The molecule has 0 atom stereocenters. The van der Waals surface area contributed by atoms with Gasteiger partial charge in [-0.05, 0) is 26.9 Å². The lowest BCUT2D eigenvalue weighted by Crippen LogP contribution is -2.27. The van der Waals surface area contributed by atoms with E-state index in [1.165, 1.54) is 0 Å².